The SMILES string of the molecule is Cc1ccc(C(=O)n2c(=S)sc3ccccc32)cc1. The monoisotopic (exact) mass is 285 g/mol. The van der Waals surface area contributed by atoms with Crippen LogP contribution in [0.5, 0.6) is 0 Å². The van der Waals surface area contributed by atoms with E-state index in [-0.39, 0.29) is 5.91 Å². The quantitative estimate of drug-likeness (QED) is 0.617. The van der Waals surface area contributed by atoms with Crippen molar-refractivity contribution < 1.29 is 4.79 Å². The number of thiazole rings is 1. The zero-order chi connectivity index (χ0) is 13.4. The Morgan fingerprint density at radius 2 is 1.79 bits per heavy atom. The maximum Gasteiger partial charge on any atom is 0.264 e. The molecule has 2 nitrogen and oxygen atoms in total. The molecule has 1 aromatic heterocycles. The number of nitrogens with zero attached hydrogens (tertiary/aromatic N) is 1. The molecule has 0 aliphatic carbocycles. The van der Waals surface area contributed by atoms with E-state index < -0.39 is 0 Å². The summed E-state index contributed by atoms with van der Waals surface area (Å²) in [6, 6.07) is 15.3. The largest absolute Gasteiger partial charge is 0.268 e. The van der Waals surface area contributed by atoms with Crippen molar-refractivity contribution >= 4 is 39.7 Å². The Bertz CT molecular complexity index is 812. The average Bonchev–Trinajstić information content (AvgIpc) is 2.74. The molecule has 0 unspecified atom stereocenters. The Balaban J connectivity index is 2.19. The molecule has 2 aromatic carbocycles. The van der Waals surface area contributed by atoms with E-state index >= 15 is 0 Å². The molecule has 0 spiro atoms. The van der Waals surface area contributed by atoms with E-state index in [4.69, 9.17) is 12.2 Å². The van der Waals surface area contributed by atoms with Gasteiger partial charge < -0.3 is 0 Å². The molecule has 1 heterocycles. The fourth-order valence-corrected chi connectivity index (χ4v) is 3.31. The van der Waals surface area contributed by atoms with Gasteiger partial charge in [0.15, 0.2) is 3.95 Å². The third-order valence-corrected chi connectivity index (χ3v) is 4.34. The standard InChI is InChI=1S/C15H11NOS2/c1-10-6-8-11(9-7-10)14(17)16-12-4-2-3-5-13(12)19-15(16)18/h2-9H,1H3. The Morgan fingerprint density at radius 3 is 2.53 bits per heavy atom. The minimum absolute atomic E-state index is 0.0672. The highest BCUT2D eigenvalue weighted by Gasteiger charge is 2.13. The van der Waals surface area contributed by atoms with Crippen LogP contribution in [0.25, 0.3) is 10.2 Å². The second-order valence-electron chi connectivity index (χ2n) is 4.34. The molecule has 3 rings (SSSR count). The summed E-state index contributed by atoms with van der Waals surface area (Å²) < 4.78 is 3.24. The van der Waals surface area contributed by atoms with Crippen molar-refractivity contribution in [3.8, 4) is 0 Å². The number of hydrogen-bond acceptors (Lipinski definition) is 3. The van der Waals surface area contributed by atoms with Crippen molar-refractivity contribution in [3.63, 3.8) is 0 Å². The van der Waals surface area contributed by atoms with Crippen molar-refractivity contribution in [2.24, 2.45) is 0 Å². The predicted molar refractivity (Wildman–Crippen MR) is 81.6 cm³/mol. The van der Waals surface area contributed by atoms with Crippen molar-refractivity contribution in [3.05, 3.63) is 63.6 Å². The molecule has 0 amide bonds. The average molecular weight is 285 g/mol. The molecule has 0 radical (unpaired) electrons. The fourth-order valence-electron chi connectivity index (χ4n) is 1.98. The molecule has 0 atom stereocenters. The van der Waals surface area contributed by atoms with E-state index in [1.807, 2.05) is 55.5 Å². The second kappa shape index (κ2) is 4.72. The van der Waals surface area contributed by atoms with Gasteiger partial charge in [-0.15, -0.1) is 11.3 Å². The molecule has 0 saturated carbocycles. The van der Waals surface area contributed by atoms with Gasteiger partial charge in [-0.1, -0.05) is 29.8 Å². The van der Waals surface area contributed by atoms with Gasteiger partial charge >= 0.3 is 0 Å². The summed E-state index contributed by atoms with van der Waals surface area (Å²) >= 11 is 6.78. The molecule has 3 aromatic rings. The van der Waals surface area contributed by atoms with Gasteiger partial charge in [0, 0.05) is 5.56 Å². The third-order valence-electron chi connectivity index (χ3n) is 2.99. The maximum atomic E-state index is 12.6. The lowest BCUT2D eigenvalue weighted by Crippen LogP contribution is -2.11. The van der Waals surface area contributed by atoms with Crippen LogP contribution in [-0.4, -0.2) is 10.5 Å². The Labute approximate surface area is 119 Å². The fraction of sp³-hybridized carbons (Fsp3) is 0.0667. The first kappa shape index (κ1) is 12.3. The number of rotatable bonds is 1. The van der Waals surface area contributed by atoms with Crippen molar-refractivity contribution in [1.82, 2.24) is 4.57 Å². The summed E-state index contributed by atoms with van der Waals surface area (Å²) in [6.07, 6.45) is 0. The first-order chi connectivity index (χ1) is 9.16. The first-order valence-corrected chi connectivity index (χ1v) is 7.11. The van der Waals surface area contributed by atoms with Crippen LogP contribution in [0.15, 0.2) is 48.5 Å². The topological polar surface area (TPSA) is 22.0 Å². The number of carbonyl (C=O) groups is 1. The summed E-state index contributed by atoms with van der Waals surface area (Å²) in [6.45, 7) is 2.00. The highest BCUT2D eigenvalue weighted by Crippen LogP contribution is 2.23. The highest BCUT2D eigenvalue weighted by molar-refractivity contribution is 7.73. The molecule has 0 N–H and O–H groups in total. The summed E-state index contributed by atoms with van der Waals surface area (Å²) in [5.41, 5.74) is 2.67. The normalized spacial score (nSPS) is 10.8. The van der Waals surface area contributed by atoms with Crippen molar-refractivity contribution in [2.75, 3.05) is 0 Å². The van der Waals surface area contributed by atoms with Gasteiger partial charge in [-0.25, -0.2) is 0 Å². The Morgan fingerprint density at radius 1 is 1.11 bits per heavy atom. The van der Waals surface area contributed by atoms with E-state index in [0.717, 1.165) is 15.8 Å². The number of benzene rings is 2. The van der Waals surface area contributed by atoms with E-state index in [1.165, 1.54) is 11.3 Å². The number of aryl methyl sites for hydroxylation is 1. The first-order valence-electron chi connectivity index (χ1n) is 5.89. The van der Waals surface area contributed by atoms with E-state index in [2.05, 4.69) is 0 Å². The summed E-state index contributed by atoms with van der Waals surface area (Å²) in [7, 11) is 0. The second-order valence-corrected chi connectivity index (χ2v) is 6.02. The van der Waals surface area contributed by atoms with E-state index in [9.17, 15) is 4.79 Å². The van der Waals surface area contributed by atoms with Gasteiger partial charge in [-0.2, -0.15) is 0 Å². The van der Waals surface area contributed by atoms with Crippen LogP contribution in [0, 0.1) is 10.9 Å². The molecule has 94 valence electrons. The lowest BCUT2D eigenvalue weighted by atomic mass is 10.1. The van der Waals surface area contributed by atoms with Crippen LogP contribution in [0.2, 0.25) is 0 Å². The van der Waals surface area contributed by atoms with E-state index in [0.29, 0.717) is 9.52 Å². The highest BCUT2D eigenvalue weighted by atomic mass is 32.1. The number of para-hydroxylation sites is 1. The molecule has 4 heteroatoms. The minimum Gasteiger partial charge on any atom is -0.268 e. The zero-order valence-corrected chi connectivity index (χ0v) is 11.9. The van der Waals surface area contributed by atoms with Gasteiger partial charge in [-0.3, -0.25) is 9.36 Å². The van der Waals surface area contributed by atoms with Crippen LogP contribution >= 0.6 is 23.6 Å². The van der Waals surface area contributed by atoms with Crippen molar-refractivity contribution in [2.45, 2.75) is 6.92 Å². The van der Waals surface area contributed by atoms with Gasteiger partial charge in [0.25, 0.3) is 5.91 Å². The number of fused-ring (bicyclic) bond motifs is 1. The van der Waals surface area contributed by atoms with Crippen LogP contribution in [-0.2, 0) is 0 Å². The van der Waals surface area contributed by atoms with Gasteiger partial charge in [0.2, 0.25) is 0 Å². The van der Waals surface area contributed by atoms with Gasteiger partial charge in [0.1, 0.15) is 0 Å². The van der Waals surface area contributed by atoms with Gasteiger partial charge in [0.05, 0.1) is 10.2 Å². The Hall–Kier alpha value is -1.78. The van der Waals surface area contributed by atoms with E-state index in [1.54, 1.807) is 4.57 Å². The molecule has 0 bridgehead atoms. The number of hydrogen-bond donors (Lipinski definition) is 0. The lowest BCUT2D eigenvalue weighted by molar-refractivity contribution is 0.0964. The Kier molecular flexibility index (Phi) is 3.05. The number of carbonyl (C=O) groups excluding carboxylic acids is 1. The zero-order valence-electron chi connectivity index (χ0n) is 10.3. The van der Waals surface area contributed by atoms with Crippen LogP contribution in [0.3, 0.4) is 0 Å². The molecule has 0 fully saturated rings. The minimum atomic E-state index is -0.0672. The molecular weight excluding hydrogens is 274 g/mol. The smallest absolute Gasteiger partial charge is 0.264 e. The number of aromatic nitrogens is 1. The van der Waals surface area contributed by atoms with Crippen LogP contribution in [0.1, 0.15) is 15.9 Å². The van der Waals surface area contributed by atoms with Crippen LogP contribution < -0.4 is 0 Å². The van der Waals surface area contributed by atoms with Crippen LogP contribution in [0.4, 0.5) is 0 Å². The molecule has 0 aliphatic heterocycles. The summed E-state index contributed by atoms with van der Waals surface area (Å²) in [4.78, 5) is 12.6. The maximum absolute atomic E-state index is 12.6. The predicted octanol–water partition coefficient (Wildman–Crippen LogP) is 4.43. The van der Waals surface area contributed by atoms with Gasteiger partial charge in [-0.05, 0) is 43.4 Å². The molecular formula is C15H11NOS2. The summed E-state index contributed by atoms with van der Waals surface area (Å²) in [5, 5.41) is 0. The lowest BCUT2D eigenvalue weighted by Gasteiger charge is -2.04. The molecule has 19 heavy (non-hydrogen) atoms. The van der Waals surface area contributed by atoms with Crippen molar-refractivity contribution in [1.29, 1.82) is 0 Å². The molecule has 0 aliphatic rings. The summed E-state index contributed by atoms with van der Waals surface area (Å²) in [5.74, 6) is -0.0672. The molecule has 0 saturated heterocycles. The third kappa shape index (κ3) is 2.13.